The number of aliphatic imine (C=N–C) groups is 1. The molecule has 0 spiro atoms. The van der Waals surface area contributed by atoms with E-state index in [1.165, 1.54) is 12.8 Å². The minimum atomic E-state index is 0.137. The molecule has 0 radical (unpaired) electrons. The van der Waals surface area contributed by atoms with Crippen LogP contribution in [0, 0.1) is 5.92 Å². The van der Waals surface area contributed by atoms with Gasteiger partial charge in [0, 0.05) is 24.7 Å². The lowest BCUT2D eigenvalue weighted by Crippen LogP contribution is -2.42. The molecule has 2 fully saturated rings. The minimum absolute atomic E-state index is 0.137. The molecule has 1 amide bonds. The second kappa shape index (κ2) is 11.2. The van der Waals surface area contributed by atoms with Gasteiger partial charge in [-0.1, -0.05) is 18.6 Å². The first-order chi connectivity index (χ1) is 15.7. The first-order valence-corrected chi connectivity index (χ1v) is 11.9. The Hall–Kier alpha value is -2.80. The van der Waals surface area contributed by atoms with Crippen LogP contribution in [0.1, 0.15) is 56.4 Å². The standard InChI is InChI=1S/C25H35N5O2/c1-2-26-25(28-18-22(23-12-7-15-32-23)30-13-3-4-14-30)27-17-19-8-5-11-21(16-19)29-24(31)20-9-6-10-20/h5,7-8,11-12,15-16,20,22H,2-4,6,9-10,13-14,17-18H2,1H3,(H,29,31)(H2,26,27,28). The van der Waals surface area contributed by atoms with E-state index in [9.17, 15) is 4.79 Å². The third-order valence-electron chi connectivity index (χ3n) is 6.35. The van der Waals surface area contributed by atoms with Crippen molar-refractivity contribution >= 4 is 17.6 Å². The fourth-order valence-electron chi connectivity index (χ4n) is 4.31. The Morgan fingerprint density at radius 2 is 2.00 bits per heavy atom. The van der Waals surface area contributed by atoms with Gasteiger partial charge in [-0.3, -0.25) is 9.69 Å². The van der Waals surface area contributed by atoms with Crippen LogP contribution < -0.4 is 16.0 Å². The molecule has 0 bridgehead atoms. The van der Waals surface area contributed by atoms with Gasteiger partial charge in [0.2, 0.25) is 5.91 Å². The number of nitrogens with one attached hydrogen (secondary N) is 3. The zero-order chi connectivity index (χ0) is 22.2. The zero-order valence-corrected chi connectivity index (χ0v) is 19.0. The summed E-state index contributed by atoms with van der Waals surface area (Å²) < 4.78 is 5.73. The van der Waals surface area contributed by atoms with Gasteiger partial charge in [0.15, 0.2) is 5.96 Å². The van der Waals surface area contributed by atoms with Crippen molar-refractivity contribution in [2.45, 2.75) is 51.6 Å². The molecule has 32 heavy (non-hydrogen) atoms. The lowest BCUT2D eigenvalue weighted by Gasteiger charge is -2.26. The van der Waals surface area contributed by atoms with Gasteiger partial charge < -0.3 is 20.4 Å². The highest BCUT2D eigenvalue weighted by Gasteiger charge is 2.26. The summed E-state index contributed by atoms with van der Waals surface area (Å²) in [5, 5.41) is 9.89. The molecule has 1 unspecified atom stereocenters. The third kappa shape index (κ3) is 5.91. The molecule has 1 atom stereocenters. The number of rotatable bonds is 9. The van der Waals surface area contributed by atoms with Crippen LogP contribution in [-0.2, 0) is 11.3 Å². The second-order valence-electron chi connectivity index (χ2n) is 8.67. The molecule has 1 aromatic heterocycles. The lowest BCUT2D eigenvalue weighted by atomic mass is 9.85. The van der Waals surface area contributed by atoms with Crippen molar-refractivity contribution in [2.24, 2.45) is 10.9 Å². The van der Waals surface area contributed by atoms with Crippen LogP contribution in [0.25, 0.3) is 0 Å². The van der Waals surface area contributed by atoms with E-state index in [2.05, 4.69) is 33.8 Å². The topological polar surface area (TPSA) is 81.9 Å². The van der Waals surface area contributed by atoms with Crippen LogP contribution in [0.5, 0.6) is 0 Å². The van der Waals surface area contributed by atoms with E-state index >= 15 is 0 Å². The molecule has 1 saturated heterocycles. The number of nitrogens with zero attached hydrogens (tertiary/aromatic N) is 2. The smallest absolute Gasteiger partial charge is 0.227 e. The summed E-state index contributed by atoms with van der Waals surface area (Å²) >= 11 is 0. The molecule has 4 rings (SSSR count). The van der Waals surface area contributed by atoms with Gasteiger partial charge in [-0.2, -0.15) is 0 Å². The first-order valence-electron chi connectivity index (χ1n) is 11.9. The van der Waals surface area contributed by atoms with E-state index in [0.717, 1.165) is 68.4 Å². The molecule has 1 saturated carbocycles. The lowest BCUT2D eigenvalue weighted by molar-refractivity contribution is -0.122. The predicted octanol–water partition coefficient (Wildman–Crippen LogP) is 3.91. The SMILES string of the molecule is CCNC(=NCc1cccc(NC(=O)C2CCC2)c1)NCC(c1ccco1)N1CCCC1. The molecule has 2 aromatic rings. The van der Waals surface area contributed by atoms with E-state index in [0.29, 0.717) is 6.54 Å². The monoisotopic (exact) mass is 437 g/mol. The highest BCUT2D eigenvalue weighted by Crippen LogP contribution is 2.28. The molecule has 1 aromatic carbocycles. The molecule has 1 aliphatic carbocycles. The Labute approximate surface area is 190 Å². The normalized spacial score (nSPS) is 18.2. The highest BCUT2D eigenvalue weighted by molar-refractivity contribution is 5.93. The minimum Gasteiger partial charge on any atom is -0.468 e. The van der Waals surface area contributed by atoms with E-state index in [4.69, 9.17) is 9.41 Å². The number of carbonyl (C=O) groups excluding carboxylic acids is 1. The van der Waals surface area contributed by atoms with Gasteiger partial charge in [0.1, 0.15) is 5.76 Å². The van der Waals surface area contributed by atoms with Crippen molar-refractivity contribution in [1.82, 2.24) is 15.5 Å². The fourth-order valence-corrected chi connectivity index (χ4v) is 4.31. The fraction of sp³-hybridized carbons (Fsp3) is 0.520. The molecule has 1 aliphatic heterocycles. The quantitative estimate of drug-likeness (QED) is 0.409. The third-order valence-corrected chi connectivity index (χ3v) is 6.35. The van der Waals surface area contributed by atoms with Crippen LogP contribution in [0.3, 0.4) is 0 Å². The summed E-state index contributed by atoms with van der Waals surface area (Å²) in [5.74, 6) is 2.09. The number of amides is 1. The van der Waals surface area contributed by atoms with Crippen molar-refractivity contribution < 1.29 is 9.21 Å². The Morgan fingerprint density at radius 1 is 1.16 bits per heavy atom. The number of anilines is 1. The molecule has 2 heterocycles. The van der Waals surface area contributed by atoms with Crippen LogP contribution in [0.4, 0.5) is 5.69 Å². The number of carbonyl (C=O) groups is 1. The Balaban J connectivity index is 1.37. The van der Waals surface area contributed by atoms with E-state index in [1.54, 1.807) is 6.26 Å². The van der Waals surface area contributed by atoms with Gasteiger partial charge in [-0.25, -0.2) is 4.99 Å². The predicted molar refractivity (Wildman–Crippen MR) is 127 cm³/mol. The van der Waals surface area contributed by atoms with Crippen LogP contribution >= 0.6 is 0 Å². The van der Waals surface area contributed by atoms with Crippen molar-refractivity contribution in [3.05, 3.63) is 54.0 Å². The maximum Gasteiger partial charge on any atom is 0.227 e. The number of hydrogen-bond acceptors (Lipinski definition) is 4. The second-order valence-corrected chi connectivity index (χ2v) is 8.67. The molecule has 172 valence electrons. The highest BCUT2D eigenvalue weighted by atomic mass is 16.3. The molecular formula is C25H35N5O2. The molecule has 7 nitrogen and oxygen atoms in total. The number of guanidine groups is 1. The van der Waals surface area contributed by atoms with E-state index in [1.807, 2.05) is 30.3 Å². The largest absolute Gasteiger partial charge is 0.468 e. The summed E-state index contributed by atoms with van der Waals surface area (Å²) in [4.78, 5) is 19.5. The van der Waals surface area contributed by atoms with Crippen molar-refractivity contribution in [2.75, 3.05) is 31.5 Å². The zero-order valence-electron chi connectivity index (χ0n) is 19.0. The summed E-state index contributed by atoms with van der Waals surface area (Å²) in [6, 6.07) is 12.2. The summed E-state index contributed by atoms with van der Waals surface area (Å²) in [6.07, 6.45) is 7.38. The van der Waals surface area contributed by atoms with Gasteiger partial charge >= 0.3 is 0 Å². The van der Waals surface area contributed by atoms with Crippen molar-refractivity contribution in [1.29, 1.82) is 0 Å². The van der Waals surface area contributed by atoms with Gasteiger partial charge in [-0.05, 0) is 75.5 Å². The number of benzene rings is 1. The van der Waals surface area contributed by atoms with Gasteiger partial charge in [0.25, 0.3) is 0 Å². The molecular weight excluding hydrogens is 402 g/mol. The van der Waals surface area contributed by atoms with E-state index < -0.39 is 0 Å². The summed E-state index contributed by atoms with van der Waals surface area (Å²) in [7, 11) is 0. The van der Waals surface area contributed by atoms with Crippen molar-refractivity contribution in [3.8, 4) is 0 Å². The molecule has 7 heteroatoms. The molecule has 3 N–H and O–H groups in total. The summed E-state index contributed by atoms with van der Waals surface area (Å²) in [5.41, 5.74) is 1.91. The number of likely N-dealkylation sites (tertiary alicyclic amines) is 1. The number of hydrogen-bond donors (Lipinski definition) is 3. The average Bonchev–Trinajstić information content (AvgIpc) is 3.46. The Kier molecular flexibility index (Phi) is 7.82. The Bertz CT molecular complexity index is 885. The van der Waals surface area contributed by atoms with Crippen molar-refractivity contribution in [3.63, 3.8) is 0 Å². The van der Waals surface area contributed by atoms with Crippen LogP contribution in [0.15, 0.2) is 52.1 Å². The maximum absolute atomic E-state index is 12.2. The maximum atomic E-state index is 12.2. The van der Waals surface area contributed by atoms with Gasteiger partial charge in [0.05, 0.1) is 18.8 Å². The Morgan fingerprint density at radius 3 is 2.69 bits per heavy atom. The average molecular weight is 438 g/mol. The van der Waals surface area contributed by atoms with E-state index in [-0.39, 0.29) is 17.9 Å². The van der Waals surface area contributed by atoms with Crippen LogP contribution in [-0.4, -0.2) is 42.9 Å². The number of furan rings is 1. The van der Waals surface area contributed by atoms with Gasteiger partial charge in [-0.15, -0.1) is 0 Å². The first kappa shape index (κ1) is 22.4. The molecule has 2 aliphatic rings. The van der Waals surface area contributed by atoms with Crippen LogP contribution in [0.2, 0.25) is 0 Å². The summed E-state index contributed by atoms with van der Waals surface area (Å²) in [6.45, 7) is 6.32.